The highest BCUT2D eigenvalue weighted by Gasteiger charge is 2.24. The predicted molar refractivity (Wildman–Crippen MR) is 107 cm³/mol. The van der Waals surface area contributed by atoms with Gasteiger partial charge in [0.15, 0.2) is 0 Å². The standard InChI is InChI=1S/C21H26N4O4/c1-4-29-21(28)24-8-7-18-17(12-24)10-20(27)25(23-18)13-19(26)22-11-16-6-5-14(2)15(3)9-16/h5-6,9-10H,4,7-8,11-13H2,1-3H3,(H,22,26). The van der Waals surface area contributed by atoms with Gasteiger partial charge in [-0.05, 0) is 37.5 Å². The molecule has 1 aliphatic heterocycles. The van der Waals surface area contributed by atoms with E-state index in [-0.39, 0.29) is 24.6 Å². The minimum absolute atomic E-state index is 0.140. The maximum Gasteiger partial charge on any atom is 0.410 e. The Morgan fingerprint density at radius 1 is 1.21 bits per heavy atom. The van der Waals surface area contributed by atoms with Gasteiger partial charge in [0, 0.05) is 31.1 Å². The average molecular weight is 398 g/mol. The SMILES string of the molecule is CCOC(=O)N1CCc2nn(CC(=O)NCc3ccc(C)c(C)c3)c(=O)cc2C1. The molecule has 1 aliphatic rings. The van der Waals surface area contributed by atoms with Gasteiger partial charge in [-0.3, -0.25) is 9.59 Å². The van der Waals surface area contributed by atoms with Crippen molar-refractivity contribution in [2.75, 3.05) is 13.2 Å². The molecule has 0 saturated carbocycles. The third-order valence-electron chi connectivity index (χ3n) is 5.02. The zero-order valence-corrected chi connectivity index (χ0v) is 17.0. The number of nitrogens with one attached hydrogen (secondary N) is 1. The summed E-state index contributed by atoms with van der Waals surface area (Å²) in [5.41, 5.74) is 4.43. The van der Waals surface area contributed by atoms with Gasteiger partial charge in [0.1, 0.15) is 6.54 Å². The molecule has 0 fully saturated rings. The first-order valence-electron chi connectivity index (χ1n) is 9.71. The first-order valence-corrected chi connectivity index (χ1v) is 9.71. The molecule has 0 unspecified atom stereocenters. The van der Waals surface area contributed by atoms with E-state index in [1.165, 1.54) is 21.9 Å². The molecule has 154 valence electrons. The number of aryl methyl sites for hydroxylation is 2. The second-order valence-corrected chi connectivity index (χ2v) is 7.18. The quantitative estimate of drug-likeness (QED) is 0.827. The molecule has 8 nitrogen and oxygen atoms in total. The van der Waals surface area contributed by atoms with Crippen LogP contribution in [0, 0.1) is 13.8 Å². The molecular weight excluding hydrogens is 372 g/mol. The molecule has 3 rings (SSSR count). The zero-order chi connectivity index (χ0) is 21.0. The van der Waals surface area contributed by atoms with Crippen molar-refractivity contribution in [3.8, 4) is 0 Å². The van der Waals surface area contributed by atoms with Crippen LogP contribution in [0.25, 0.3) is 0 Å². The largest absolute Gasteiger partial charge is 0.450 e. The lowest BCUT2D eigenvalue weighted by atomic mass is 10.1. The number of amides is 2. The highest BCUT2D eigenvalue weighted by atomic mass is 16.6. The van der Waals surface area contributed by atoms with Gasteiger partial charge in [0.05, 0.1) is 18.8 Å². The summed E-state index contributed by atoms with van der Waals surface area (Å²) in [4.78, 5) is 38.1. The minimum atomic E-state index is -0.395. The Hall–Kier alpha value is -3.16. The van der Waals surface area contributed by atoms with Gasteiger partial charge in [-0.15, -0.1) is 0 Å². The number of carbonyl (C=O) groups is 2. The number of rotatable bonds is 5. The fourth-order valence-corrected chi connectivity index (χ4v) is 3.23. The predicted octanol–water partition coefficient (Wildman–Crippen LogP) is 1.69. The van der Waals surface area contributed by atoms with Gasteiger partial charge >= 0.3 is 6.09 Å². The molecule has 0 bridgehead atoms. The van der Waals surface area contributed by atoms with Crippen molar-refractivity contribution in [1.82, 2.24) is 20.0 Å². The van der Waals surface area contributed by atoms with E-state index in [0.717, 1.165) is 11.3 Å². The third-order valence-corrected chi connectivity index (χ3v) is 5.02. The third kappa shape index (κ3) is 5.01. The number of hydrogen-bond donors (Lipinski definition) is 1. The Balaban J connectivity index is 1.63. The summed E-state index contributed by atoms with van der Waals surface area (Å²) in [6.07, 6.45) is 0.117. The first kappa shape index (κ1) is 20.6. The lowest BCUT2D eigenvalue weighted by molar-refractivity contribution is -0.122. The molecule has 1 aromatic heterocycles. The maximum atomic E-state index is 12.4. The second kappa shape index (κ2) is 8.89. The van der Waals surface area contributed by atoms with Crippen molar-refractivity contribution in [2.24, 2.45) is 0 Å². The van der Waals surface area contributed by atoms with Crippen LogP contribution in [-0.4, -0.2) is 39.8 Å². The van der Waals surface area contributed by atoms with Crippen molar-refractivity contribution >= 4 is 12.0 Å². The van der Waals surface area contributed by atoms with Crippen molar-refractivity contribution in [2.45, 2.75) is 46.8 Å². The van der Waals surface area contributed by atoms with Gasteiger partial charge in [-0.1, -0.05) is 18.2 Å². The van der Waals surface area contributed by atoms with E-state index >= 15 is 0 Å². The van der Waals surface area contributed by atoms with Crippen LogP contribution in [0.15, 0.2) is 29.1 Å². The molecule has 2 aromatic rings. The van der Waals surface area contributed by atoms with Gasteiger partial charge in [-0.25, -0.2) is 9.48 Å². The summed E-state index contributed by atoms with van der Waals surface area (Å²) in [5, 5.41) is 7.17. The van der Waals surface area contributed by atoms with Crippen molar-refractivity contribution in [3.05, 3.63) is 62.6 Å². The fraction of sp³-hybridized carbons (Fsp3) is 0.429. The molecule has 0 aliphatic carbocycles. The van der Waals surface area contributed by atoms with E-state index in [2.05, 4.69) is 10.4 Å². The summed E-state index contributed by atoms with van der Waals surface area (Å²) in [6, 6.07) is 7.48. The van der Waals surface area contributed by atoms with E-state index in [1.54, 1.807) is 11.8 Å². The highest BCUT2D eigenvalue weighted by Crippen LogP contribution is 2.16. The van der Waals surface area contributed by atoms with E-state index < -0.39 is 6.09 Å². The Bertz CT molecular complexity index is 983. The van der Waals surface area contributed by atoms with Crippen LogP contribution in [0.3, 0.4) is 0 Å². The second-order valence-electron chi connectivity index (χ2n) is 7.18. The smallest absolute Gasteiger partial charge is 0.410 e. The number of nitrogens with zero attached hydrogens (tertiary/aromatic N) is 3. The lowest BCUT2D eigenvalue weighted by Gasteiger charge is -2.27. The van der Waals surface area contributed by atoms with Crippen LogP contribution in [0.1, 0.15) is 34.9 Å². The van der Waals surface area contributed by atoms with E-state index in [9.17, 15) is 14.4 Å². The monoisotopic (exact) mass is 398 g/mol. The van der Waals surface area contributed by atoms with Crippen LogP contribution in [0.4, 0.5) is 4.79 Å². The van der Waals surface area contributed by atoms with E-state index in [4.69, 9.17) is 4.74 Å². The topological polar surface area (TPSA) is 93.5 Å². The Morgan fingerprint density at radius 3 is 2.72 bits per heavy atom. The molecule has 0 atom stereocenters. The summed E-state index contributed by atoms with van der Waals surface area (Å²) in [7, 11) is 0. The molecular formula is C21H26N4O4. The molecule has 0 saturated heterocycles. The first-order chi connectivity index (χ1) is 13.9. The molecule has 1 aromatic carbocycles. The van der Waals surface area contributed by atoms with Crippen molar-refractivity contribution in [3.63, 3.8) is 0 Å². The summed E-state index contributed by atoms with van der Waals surface area (Å²) in [6.45, 7) is 7.14. The Morgan fingerprint density at radius 2 is 2.00 bits per heavy atom. The van der Waals surface area contributed by atoms with Crippen LogP contribution in [0.5, 0.6) is 0 Å². The Kier molecular flexibility index (Phi) is 6.31. The van der Waals surface area contributed by atoms with Gasteiger partial charge < -0.3 is 15.0 Å². The van der Waals surface area contributed by atoms with Crippen LogP contribution in [0.2, 0.25) is 0 Å². The normalized spacial score (nSPS) is 13.0. The van der Waals surface area contributed by atoms with E-state index in [0.29, 0.717) is 31.7 Å². The van der Waals surface area contributed by atoms with Crippen molar-refractivity contribution in [1.29, 1.82) is 0 Å². The van der Waals surface area contributed by atoms with Gasteiger partial charge in [-0.2, -0.15) is 5.10 Å². The van der Waals surface area contributed by atoms with Crippen LogP contribution < -0.4 is 10.9 Å². The van der Waals surface area contributed by atoms with E-state index in [1.807, 2.05) is 32.0 Å². The summed E-state index contributed by atoms with van der Waals surface area (Å²) < 4.78 is 6.19. The highest BCUT2D eigenvalue weighted by molar-refractivity contribution is 5.75. The number of ether oxygens (including phenoxy) is 1. The van der Waals surface area contributed by atoms with Crippen molar-refractivity contribution < 1.29 is 14.3 Å². The fourth-order valence-electron chi connectivity index (χ4n) is 3.23. The molecule has 2 heterocycles. The minimum Gasteiger partial charge on any atom is -0.450 e. The number of aromatic nitrogens is 2. The van der Waals surface area contributed by atoms with Gasteiger partial charge in [0.25, 0.3) is 5.56 Å². The summed E-state index contributed by atoms with van der Waals surface area (Å²) >= 11 is 0. The average Bonchev–Trinajstić information content (AvgIpc) is 2.69. The van der Waals surface area contributed by atoms with Crippen LogP contribution in [-0.2, 0) is 35.6 Å². The molecule has 8 heteroatoms. The molecule has 0 spiro atoms. The Labute approximate surface area is 169 Å². The zero-order valence-electron chi connectivity index (χ0n) is 17.0. The number of fused-ring (bicyclic) bond motifs is 1. The molecule has 2 amide bonds. The summed E-state index contributed by atoms with van der Waals surface area (Å²) in [5.74, 6) is -0.276. The molecule has 1 N–H and O–H groups in total. The lowest BCUT2D eigenvalue weighted by Crippen LogP contribution is -2.40. The number of hydrogen-bond acceptors (Lipinski definition) is 5. The number of benzene rings is 1. The maximum absolute atomic E-state index is 12.4. The van der Waals surface area contributed by atoms with Gasteiger partial charge in [0.2, 0.25) is 5.91 Å². The number of carbonyl (C=O) groups excluding carboxylic acids is 2. The molecule has 29 heavy (non-hydrogen) atoms. The van der Waals surface area contributed by atoms with Crippen LogP contribution >= 0.6 is 0 Å². The molecule has 0 radical (unpaired) electrons.